The van der Waals surface area contributed by atoms with Gasteiger partial charge in [-0.05, 0) is 61.7 Å². The average Bonchev–Trinajstić information content (AvgIpc) is 2.98. The van der Waals surface area contributed by atoms with Crippen LogP contribution in [0.1, 0.15) is 54.4 Å². The molecule has 0 unspecified atom stereocenters. The quantitative estimate of drug-likeness (QED) is 0.676. The topological polar surface area (TPSA) is 104 Å². The predicted molar refractivity (Wildman–Crippen MR) is 125 cm³/mol. The van der Waals surface area contributed by atoms with E-state index < -0.39 is 15.9 Å². The lowest BCUT2D eigenvalue weighted by Crippen LogP contribution is -2.32. The number of rotatable bonds is 5. The number of sulfonamides is 1. The summed E-state index contributed by atoms with van der Waals surface area (Å²) in [6.45, 7) is 2.76. The monoisotopic (exact) mass is 469 g/mol. The molecule has 4 rings (SSSR count). The van der Waals surface area contributed by atoms with E-state index in [0.29, 0.717) is 35.6 Å². The Balaban J connectivity index is 1.52. The highest BCUT2D eigenvalue weighted by atomic mass is 32.2. The number of amides is 3. The van der Waals surface area contributed by atoms with Crippen molar-refractivity contribution in [2.24, 2.45) is 0 Å². The lowest BCUT2D eigenvalue weighted by Gasteiger charge is -2.21. The number of imide groups is 1. The Bertz CT molecular complexity index is 1170. The summed E-state index contributed by atoms with van der Waals surface area (Å²) in [7, 11) is -3.65. The summed E-state index contributed by atoms with van der Waals surface area (Å²) in [6, 6.07) is 11.0. The lowest BCUT2D eigenvalue weighted by molar-refractivity contribution is -0.121. The molecule has 0 bridgehead atoms. The molecule has 0 radical (unpaired) electrons. The van der Waals surface area contributed by atoms with Gasteiger partial charge in [-0.15, -0.1) is 0 Å². The van der Waals surface area contributed by atoms with E-state index in [9.17, 15) is 22.8 Å². The number of benzene rings is 2. The zero-order valence-electron chi connectivity index (χ0n) is 18.5. The van der Waals surface area contributed by atoms with Crippen LogP contribution in [0.4, 0.5) is 11.4 Å². The smallest absolute Gasteiger partial charge is 0.255 e. The summed E-state index contributed by atoms with van der Waals surface area (Å²) in [5, 5.41) is 2.75. The van der Waals surface area contributed by atoms with E-state index in [4.69, 9.17) is 0 Å². The van der Waals surface area contributed by atoms with Gasteiger partial charge in [0.05, 0.1) is 10.6 Å². The van der Waals surface area contributed by atoms with Crippen LogP contribution < -0.4 is 10.2 Å². The van der Waals surface area contributed by atoms with Gasteiger partial charge in [-0.3, -0.25) is 19.3 Å². The highest BCUT2D eigenvalue weighted by Crippen LogP contribution is 2.27. The third-order valence-electron chi connectivity index (χ3n) is 6.07. The van der Waals surface area contributed by atoms with Crippen LogP contribution >= 0.6 is 0 Å². The lowest BCUT2D eigenvalue weighted by atomic mass is 10.1. The molecule has 8 nitrogen and oxygen atoms in total. The summed E-state index contributed by atoms with van der Waals surface area (Å²) in [5.41, 5.74) is 1.77. The summed E-state index contributed by atoms with van der Waals surface area (Å²) in [5.74, 6) is -0.924. The first-order valence-electron chi connectivity index (χ1n) is 11.2. The van der Waals surface area contributed by atoms with Crippen LogP contribution in [0.5, 0.6) is 0 Å². The van der Waals surface area contributed by atoms with E-state index in [1.54, 1.807) is 31.2 Å². The van der Waals surface area contributed by atoms with E-state index in [1.165, 1.54) is 22.5 Å². The van der Waals surface area contributed by atoms with Gasteiger partial charge in [-0.1, -0.05) is 18.9 Å². The second kappa shape index (κ2) is 9.44. The Morgan fingerprint density at radius 2 is 1.48 bits per heavy atom. The molecule has 2 heterocycles. The van der Waals surface area contributed by atoms with Gasteiger partial charge in [-0.2, -0.15) is 4.31 Å². The van der Waals surface area contributed by atoms with Crippen LogP contribution in [-0.4, -0.2) is 43.5 Å². The molecule has 1 N–H and O–H groups in total. The van der Waals surface area contributed by atoms with Gasteiger partial charge in [-0.25, -0.2) is 8.42 Å². The Hall–Kier alpha value is -3.04. The highest BCUT2D eigenvalue weighted by molar-refractivity contribution is 7.89. The van der Waals surface area contributed by atoms with E-state index in [-0.39, 0.29) is 29.6 Å². The van der Waals surface area contributed by atoms with E-state index in [0.717, 1.165) is 30.6 Å². The second-order valence-electron chi connectivity index (χ2n) is 8.42. The van der Waals surface area contributed by atoms with Crippen LogP contribution in [0.25, 0.3) is 0 Å². The molecule has 0 aromatic heterocycles. The normalized spacial score (nSPS) is 17.8. The SMILES string of the molecule is Cc1ccc(NC(=O)c2ccc(N3C(=O)CCC3=O)cc2)cc1S(=O)(=O)N1CCCCCC1. The van der Waals surface area contributed by atoms with Crippen molar-refractivity contribution in [1.82, 2.24) is 4.31 Å². The van der Waals surface area contributed by atoms with Crippen LogP contribution in [0.3, 0.4) is 0 Å². The fraction of sp³-hybridized carbons (Fsp3) is 0.375. The minimum Gasteiger partial charge on any atom is -0.322 e. The Morgan fingerprint density at radius 3 is 2.09 bits per heavy atom. The van der Waals surface area contributed by atoms with Crippen molar-refractivity contribution in [3.05, 3.63) is 53.6 Å². The number of hydrogen-bond acceptors (Lipinski definition) is 5. The minimum atomic E-state index is -3.65. The van der Waals surface area contributed by atoms with Gasteiger partial charge in [0.1, 0.15) is 0 Å². The molecule has 33 heavy (non-hydrogen) atoms. The summed E-state index contributed by atoms with van der Waals surface area (Å²) in [4.78, 5) is 37.9. The molecule has 9 heteroatoms. The highest BCUT2D eigenvalue weighted by Gasteiger charge is 2.30. The maximum absolute atomic E-state index is 13.2. The van der Waals surface area contributed by atoms with Crippen molar-refractivity contribution in [2.45, 2.75) is 50.3 Å². The summed E-state index contributed by atoms with van der Waals surface area (Å²) in [6.07, 6.45) is 4.13. The van der Waals surface area contributed by atoms with Gasteiger partial charge >= 0.3 is 0 Å². The van der Waals surface area contributed by atoms with Gasteiger partial charge in [0.15, 0.2) is 0 Å². The second-order valence-corrected chi connectivity index (χ2v) is 10.3. The fourth-order valence-electron chi connectivity index (χ4n) is 4.21. The first-order chi connectivity index (χ1) is 15.8. The zero-order valence-corrected chi connectivity index (χ0v) is 19.4. The fourth-order valence-corrected chi connectivity index (χ4v) is 5.97. The molecule has 0 atom stereocenters. The van der Waals surface area contributed by atoms with Gasteiger partial charge < -0.3 is 5.32 Å². The maximum Gasteiger partial charge on any atom is 0.255 e. The van der Waals surface area contributed by atoms with Crippen LogP contribution in [-0.2, 0) is 19.6 Å². The predicted octanol–water partition coefficient (Wildman–Crippen LogP) is 3.47. The maximum atomic E-state index is 13.2. The molecule has 0 saturated carbocycles. The van der Waals surface area contributed by atoms with Gasteiger partial charge in [0.25, 0.3) is 5.91 Å². The zero-order chi connectivity index (χ0) is 23.6. The van der Waals surface area contributed by atoms with Crippen LogP contribution in [0.15, 0.2) is 47.4 Å². The molecular formula is C24H27N3O5S. The number of hydrogen-bond donors (Lipinski definition) is 1. The van der Waals surface area contributed by atoms with Crippen molar-refractivity contribution in [3.8, 4) is 0 Å². The molecule has 2 aromatic rings. The number of nitrogens with one attached hydrogen (secondary N) is 1. The van der Waals surface area contributed by atoms with Crippen molar-refractivity contribution in [2.75, 3.05) is 23.3 Å². The minimum absolute atomic E-state index is 0.192. The molecule has 174 valence electrons. The standard InChI is InChI=1S/C24H27N3O5S/c1-17-6-9-19(16-21(17)33(31,32)26-14-4-2-3-5-15-26)25-24(30)18-7-10-20(11-8-18)27-22(28)12-13-23(27)29/h6-11,16H,2-5,12-15H2,1H3,(H,25,30). The number of anilines is 2. The molecule has 3 amide bonds. The van der Waals surface area contributed by atoms with Crippen molar-refractivity contribution < 1.29 is 22.8 Å². The van der Waals surface area contributed by atoms with Crippen molar-refractivity contribution >= 4 is 39.1 Å². The van der Waals surface area contributed by atoms with Crippen molar-refractivity contribution in [1.29, 1.82) is 0 Å². The van der Waals surface area contributed by atoms with E-state index in [1.807, 2.05) is 0 Å². The van der Waals surface area contributed by atoms with Crippen molar-refractivity contribution in [3.63, 3.8) is 0 Å². The first kappa shape index (κ1) is 23.1. The Morgan fingerprint density at radius 1 is 0.879 bits per heavy atom. The molecule has 2 aliphatic heterocycles. The Labute approximate surface area is 193 Å². The number of carbonyl (C=O) groups is 3. The molecule has 2 saturated heterocycles. The number of nitrogens with zero attached hydrogens (tertiary/aromatic N) is 2. The van der Waals surface area contributed by atoms with Crippen LogP contribution in [0.2, 0.25) is 0 Å². The van der Waals surface area contributed by atoms with E-state index in [2.05, 4.69) is 5.32 Å². The Kier molecular flexibility index (Phi) is 6.62. The molecule has 0 aliphatic carbocycles. The molecule has 2 fully saturated rings. The third kappa shape index (κ3) is 4.84. The molecule has 2 aromatic carbocycles. The van der Waals surface area contributed by atoms with E-state index >= 15 is 0 Å². The average molecular weight is 470 g/mol. The molecule has 0 spiro atoms. The largest absolute Gasteiger partial charge is 0.322 e. The number of carbonyl (C=O) groups excluding carboxylic acids is 3. The number of aryl methyl sites for hydroxylation is 1. The summed E-state index contributed by atoms with van der Waals surface area (Å²) >= 11 is 0. The first-order valence-corrected chi connectivity index (χ1v) is 12.6. The molecular weight excluding hydrogens is 442 g/mol. The molecule has 2 aliphatic rings. The van der Waals surface area contributed by atoms with Crippen LogP contribution in [0, 0.1) is 6.92 Å². The third-order valence-corrected chi connectivity index (χ3v) is 8.11. The summed E-state index contributed by atoms with van der Waals surface area (Å²) < 4.78 is 28.0. The van der Waals surface area contributed by atoms with Gasteiger partial charge in [0.2, 0.25) is 21.8 Å². The van der Waals surface area contributed by atoms with Gasteiger partial charge in [0, 0.05) is 37.2 Å².